The number of benzene rings is 2. The third kappa shape index (κ3) is 3.81. The summed E-state index contributed by atoms with van der Waals surface area (Å²) in [5.74, 6) is 0.611. The van der Waals surface area contributed by atoms with Gasteiger partial charge in [0.2, 0.25) is 0 Å². The normalized spacial score (nSPS) is 10.3. The number of ether oxygens (including phenoxy) is 1. The van der Waals surface area contributed by atoms with E-state index in [2.05, 4.69) is 20.9 Å². The molecular weight excluding hydrogens is 380 g/mol. The number of rotatable bonds is 4. The van der Waals surface area contributed by atoms with Gasteiger partial charge in [-0.25, -0.2) is 0 Å². The van der Waals surface area contributed by atoms with E-state index in [0.717, 1.165) is 10.0 Å². The molecule has 0 amide bonds. The number of aromatic amines is 1. The van der Waals surface area contributed by atoms with E-state index in [-0.39, 0.29) is 5.56 Å². The van der Waals surface area contributed by atoms with Crippen molar-refractivity contribution in [2.45, 2.75) is 13.5 Å². The molecule has 3 aromatic rings. The summed E-state index contributed by atoms with van der Waals surface area (Å²) in [6.07, 6.45) is 0. The van der Waals surface area contributed by atoms with E-state index in [0.29, 0.717) is 29.2 Å². The molecule has 5 heteroatoms. The molecule has 124 valence electrons. The topological polar surface area (TPSA) is 65.9 Å². The van der Waals surface area contributed by atoms with E-state index in [9.17, 15) is 10.1 Å². The zero-order valence-corrected chi connectivity index (χ0v) is 15.1. The minimum absolute atomic E-state index is 0.0810. The summed E-state index contributed by atoms with van der Waals surface area (Å²) in [7, 11) is 0. The molecule has 0 radical (unpaired) electrons. The lowest BCUT2D eigenvalue weighted by Crippen LogP contribution is -2.13. The lowest BCUT2D eigenvalue weighted by atomic mass is 10.00. The van der Waals surface area contributed by atoms with Crippen LogP contribution >= 0.6 is 15.9 Å². The Hall–Kier alpha value is -2.84. The fourth-order valence-electron chi connectivity index (χ4n) is 2.59. The molecule has 1 aromatic heterocycles. The molecule has 0 aliphatic rings. The molecule has 0 atom stereocenters. The summed E-state index contributed by atoms with van der Waals surface area (Å²) in [4.78, 5) is 14.8. The lowest BCUT2D eigenvalue weighted by molar-refractivity contribution is 0.307. The number of hydrogen-bond donors (Lipinski definition) is 1. The minimum atomic E-state index is -0.394. The van der Waals surface area contributed by atoms with Crippen molar-refractivity contribution in [3.05, 3.63) is 86.2 Å². The monoisotopic (exact) mass is 394 g/mol. The highest BCUT2D eigenvalue weighted by Gasteiger charge is 2.15. The number of halogens is 1. The first-order valence-corrected chi connectivity index (χ1v) is 8.48. The van der Waals surface area contributed by atoms with Crippen molar-refractivity contribution in [3.63, 3.8) is 0 Å². The van der Waals surface area contributed by atoms with Crippen LogP contribution in [0.25, 0.3) is 11.1 Å². The van der Waals surface area contributed by atoms with Crippen LogP contribution in [0.5, 0.6) is 5.75 Å². The van der Waals surface area contributed by atoms with Crippen LogP contribution in [0.4, 0.5) is 0 Å². The van der Waals surface area contributed by atoms with Gasteiger partial charge >= 0.3 is 0 Å². The fourth-order valence-corrected chi connectivity index (χ4v) is 2.93. The predicted molar refractivity (Wildman–Crippen MR) is 100 cm³/mol. The highest BCUT2D eigenvalue weighted by atomic mass is 79.9. The van der Waals surface area contributed by atoms with Gasteiger partial charge in [0.05, 0.1) is 0 Å². The van der Waals surface area contributed by atoms with Crippen molar-refractivity contribution in [1.82, 2.24) is 4.98 Å². The van der Waals surface area contributed by atoms with Crippen molar-refractivity contribution < 1.29 is 4.74 Å². The van der Waals surface area contributed by atoms with E-state index in [1.807, 2.05) is 54.6 Å². The minimum Gasteiger partial charge on any atom is -0.488 e. The molecule has 1 N–H and O–H groups in total. The first kappa shape index (κ1) is 17.0. The number of aromatic nitrogens is 1. The molecule has 1 heterocycles. The summed E-state index contributed by atoms with van der Waals surface area (Å²) in [5, 5.41) is 9.38. The van der Waals surface area contributed by atoms with E-state index >= 15 is 0 Å². The molecule has 0 aliphatic heterocycles. The second-order valence-corrected chi connectivity index (χ2v) is 6.51. The molecule has 0 bridgehead atoms. The Balaban J connectivity index is 2.06. The Labute approximate surface area is 153 Å². The molecule has 0 saturated carbocycles. The van der Waals surface area contributed by atoms with Gasteiger partial charge in [0.1, 0.15) is 24.0 Å². The molecule has 0 aliphatic carbocycles. The predicted octanol–water partition coefficient (Wildman–Crippen LogP) is 4.56. The van der Waals surface area contributed by atoms with Crippen molar-refractivity contribution >= 4 is 15.9 Å². The smallest absolute Gasteiger partial charge is 0.266 e. The van der Waals surface area contributed by atoms with Gasteiger partial charge in [-0.05, 0) is 36.8 Å². The highest BCUT2D eigenvalue weighted by molar-refractivity contribution is 9.10. The Morgan fingerprint density at radius 3 is 2.60 bits per heavy atom. The van der Waals surface area contributed by atoms with Crippen LogP contribution in [0.1, 0.15) is 16.8 Å². The molecule has 0 spiro atoms. The Morgan fingerprint density at radius 2 is 1.88 bits per heavy atom. The maximum absolute atomic E-state index is 12.1. The van der Waals surface area contributed by atoms with Gasteiger partial charge in [0.25, 0.3) is 5.56 Å². The van der Waals surface area contributed by atoms with Gasteiger partial charge in [0, 0.05) is 21.3 Å². The number of hydrogen-bond acceptors (Lipinski definition) is 3. The third-order valence-electron chi connectivity index (χ3n) is 3.75. The van der Waals surface area contributed by atoms with Crippen LogP contribution < -0.4 is 10.3 Å². The number of nitrogens with one attached hydrogen (secondary N) is 1. The quantitative estimate of drug-likeness (QED) is 0.704. The van der Waals surface area contributed by atoms with E-state index in [1.54, 1.807) is 13.0 Å². The first-order valence-electron chi connectivity index (χ1n) is 7.69. The zero-order chi connectivity index (χ0) is 17.8. The number of pyridine rings is 1. The molecule has 2 aromatic carbocycles. The van der Waals surface area contributed by atoms with E-state index in [4.69, 9.17) is 4.74 Å². The molecule has 25 heavy (non-hydrogen) atoms. The fraction of sp³-hybridized carbons (Fsp3) is 0.100. The lowest BCUT2D eigenvalue weighted by Gasteiger charge is -2.14. The molecule has 0 saturated heterocycles. The van der Waals surface area contributed by atoms with Crippen molar-refractivity contribution in [2.24, 2.45) is 0 Å². The van der Waals surface area contributed by atoms with Crippen LogP contribution in [0.2, 0.25) is 0 Å². The Bertz CT molecular complexity index is 1000. The number of H-pyrrole nitrogens is 1. The largest absolute Gasteiger partial charge is 0.488 e. The van der Waals surface area contributed by atoms with Gasteiger partial charge < -0.3 is 9.72 Å². The summed E-state index contributed by atoms with van der Waals surface area (Å²) >= 11 is 3.45. The number of nitriles is 1. The highest BCUT2D eigenvalue weighted by Crippen LogP contribution is 2.34. The van der Waals surface area contributed by atoms with Crippen molar-refractivity contribution in [1.29, 1.82) is 5.26 Å². The Morgan fingerprint density at radius 1 is 1.12 bits per heavy atom. The summed E-state index contributed by atoms with van der Waals surface area (Å²) in [6, 6.07) is 19.2. The zero-order valence-electron chi connectivity index (χ0n) is 13.5. The Kier molecular flexibility index (Phi) is 5.01. The molecule has 3 rings (SSSR count). The second kappa shape index (κ2) is 7.37. The molecule has 4 nitrogen and oxygen atoms in total. The standard InChI is InChI=1S/C20H15BrN2O2/c1-13-9-17(18(11-22)20(24)23-13)16-8-7-15(21)10-19(16)25-12-14-5-3-2-4-6-14/h2-10H,12H2,1H3,(H,23,24). The van der Waals surface area contributed by atoms with Gasteiger partial charge in [-0.1, -0.05) is 46.3 Å². The average Bonchev–Trinajstić information content (AvgIpc) is 2.60. The van der Waals surface area contributed by atoms with Crippen LogP contribution in [-0.2, 0) is 6.61 Å². The first-order chi connectivity index (χ1) is 12.1. The molecule has 0 unspecified atom stereocenters. The maximum Gasteiger partial charge on any atom is 0.266 e. The van der Waals surface area contributed by atoms with Gasteiger partial charge in [0.15, 0.2) is 0 Å². The average molecular weight is 395 g/mol. The van der Waals surface area contributed by atoms with Crippen LogP contribution in [-0.4, -0.2) is 4.98 Å². The number of nitrogens with zero attached hydrogens (tertiary/aromatic N) is 1. The van der Waals surface area contributed by atoms with Crippen molar-refractivity contribution in [3.8, 4) is 22.9 Å². The maximum atomic E-state index is 12.1. The van der Waals surface area contributed by atoms with Crippen LogP contribution in [0.15, 0.2) is 63.9 Å². The van der Waals surface area contributed by atoms with Gasteiger partial charge in [-0.2, -0.15) is 5.26 Å². The molecular formula is C20H15BrN2O2. The van der Waals surface area contributed by atoms with Gasteiger partial charge in [-0.3, -0.25) is 4.79 Å². The summed E-state index contributed by atoms with van der Waals surface area (Å²) in [6.45, 7) is 2.18. The summed E-state index contributed by atoms with van der Waals surface area (Å²) in [5.41, 5.74) is 2.70. The van der Waals surface area contributed by atoms with Crippen LogP contribution in [0.3, 0.4) is 0 Å². The SMILES string of the molecule is Cc1cc(-c2ccc(Br)cc2OCc2ccccc2)c(C#N)c(=O)[nH]1. The molecule has 0 fully saturated rings. The third-order valence-corrected chi connectivity index (χ3v) is 4.24. The van der Waals surface area contributed by atoms with E-state index in [1.165, 1.54) is 0 Å². The number of aryl methyl sites for hydroxylation is 1. The van der Waals surface area contributed by atoms with Crippen LogP contribution in [0, 0.1) is 18.3 Å². The van der Waals surface area contributed by atoms with Gasteiger partial charge in [-0.15, -0.1) is 0 Å². The van der Waals surface area contributed by atoms with E-state index < -0.39 is 5.56 Å². The van der Waals surface area contributed by atoms with Crippen molar-refractivity contribution in [2.75, 3.05) is 0 Å². The summed E-state index contributed by atoms with van der Waals surface area (Å²) < 4.78 is 6.85. The second-order valence-electron chi connectivity index (χ2n) is 5.60.